The summed E-state index contributed by atoms with van der Waals surface area (Å²) in [5.74, 6) is 0.273. The van der Waals surface area contributed by atoms with Crippen molar-refractivity contribution in [1.82, 2.24) is 9.32 Å². The lowest BCUT2D eigenvalue weighted by atomic mass is 9.84. The zero-order chi connectivity index (χ0) is 13.7. The predicted octanol–water partition coefficient (Wildman–Crippen LogP) is 2.91. The van der Waals surface area contributed by atoms with Gasteiger partial charge in [-0.2, -0.15) is 0 Å². The summed E-state index contributed by atoms with van der Waals surface area (Å²) in [6.07, 6.45) is 0.916. The van der Waals surface area contributed by atoms with Gasteiger partial charge in [-0.3, -0.25) is 4.79 Å². The van der Waals surface area contributed by atoms with E-state index in [1.807, 2.05) is 13.1 Å². The SMILES string of the molecule is CCc1cc(Cl)c2c(c1)[C@H]1CN(Cl)C[C@@H]1N(C)C2=O. The lowest BCUT2D eigenvalue weighted by Gasteiger charge is -2.36. The molecule has 0 radical (unpaired) electrons. The number of rotatable bonds is 1. The van der Waals surface area contributed by atoms with Crippen LogP contribution < -0.4 is 0 Å². The molecule has 0 saturated carbocycles. The number of carbonyl (C=O) groups is 1. The third-order valence-corrected chi connectivity index (χ3v) is 4.84. The van der Waals surface area contributed by atoms with Gasteiger partial charge in [0.1, 0.15) is 0 Å². The quantitative estimate of drug-likeness (QED) is 0.744. The number of nitrogens with zero attached hydrogens (tertiary/aromatic N) is 2. The fraction of sp³-hybridized carbons (Fsp3) is 0.500. The molecule has 1 aromatic rings. The normalized spacial score (nSPS) is 26.5. The van der Waals surface area contributed by atoms with E-state index in [-0.39, 0.29) is 17.9 Å². The minimum atomic E-state index is 0.0101. The molecule has 1 aromatic carbocycles. The van der Waals surface area contributed by atoms with E-state index in [0.29, 0.717) is 17.1 Å². The third-order valence-electron chi connectivity index (χ3n) is 4.26. The van der Waals surface area contributed by atoms with E-state index in [1.54, 1.807) is 9.32 Å². The van der Waals surface area contributed by atoms with Crippen LogP contribution in [-0.4, -0.2) is 41.4 Å². The highest BCUT2D eigenvalue weighted by Crippen LogP contribution is 2.41. The molecule has 0 aliphatic carbocycles. The van der Waals surface area contributed by atoms with Crippen LogP contribution in [0.2, 0.25) is 5.02 Å². The number of hydrogen-bond donors (Lipinski definition) is 0. The molecule has 102 valence electrons. The first-order valence-corrected chi connectivity index (χ1v) is 7.24. The van der Waals surface area contributed by atoms with Crippen LogP contribution in [0.25, 0.3) is 0 Å². The van der Waals surface area contributed by atoms with E-state index < -0.39 is 0 Å². The summed E-state index contributed by atoms with van der Waals surface area (Å²) < 4.78 is 1.76. The van der Waals surface area contributed by atoms with Crippen molar-refractivity contribution in [2.75, 3.05) is 20.1 Å². The van der Waals surface area contributed by atoms with Gasteiger partial charge < -0.3 is 4.90 Å². The van der Waals surface area contributed by atoms with E-state index in [2.05, 4.69) is 13.0 Å². The van der Waals surface area contributed by atoms with Crippen LogP contribution in [0.15, 0.2) is 12.1 Å². The number of aryl methyl sites for hydroxylation is 1. The van der Waals surface area contributed by atoms with Crippen LogP contribution in [0.3, 0.4) is 0 Å². The summed E-state index contributed by atoms with van der Waals surface area (Å²) in [6.45, 7) is 3.57. The molecule has 0 aromatic heterocycles. The Kier molecular flexibility index (Phi) is 3.24. The summed E-state index contributed by atoms with van der Waals surface area (Å²) in [5, 5.41) is 0.567. The highest BCUT2D eigenvalue weighted by Gasteiger charge is 2.44. The maximum absolute atomic E-state index is 12.5. The molecule has 1 fully saturated rings. The van der Waals surface area contributed by atoms with Crippen LogP contribution >= 0.6 is 23.4 Å². The third kappa shape index (κ3) is 1.95. The minimum Gasteiger partial charge on any atom is -0.337 e. The Balaban J connectivity index is 2.18. The smallest absolute Gasteiger partial charge is 0.255 e. The second-order valence-electron chi connectivity index (χ2n) is 5.31. The first-order chi connectivity index (χ1) is 9.02. The van der Waals surface area contributed by atoms with Gasteiger partial charge in [0.2, 0.25) is 0 Å². The zero-order valence-electron chi connectivity index (χ0n) is 11.0. The van der Waals surface area contributed by atoms with E-state index in [0.717, 1.165) is 18.5 Å². The molecule has 0 unspecified atom stereocenters. The van der Waals surface area contributed by atoms with Gasteiger partial charge in [-0.15, -0.1) is 0 Å². The second-order valence-corrected chi connectivity index (χ2v) is 6.20. The van der Waals surface area contributed by atoms with Crippen molar-refractivity contribution in [2.24, 2.45) is 0 Å². The molecule has 19 heavy (non-hydrogen) atoms. The lowest BCUT2D eigenvalue weighted by molar-refractivity contribution is 0.0703. The number of hydrogen-bond acceptors (Lipinski definition) is 2. The summed E-state index contributed by atoms with van der Waals surface area (Å²) in [6, 6.07) is 4.18. The minimum absolute atomic E-state index is 0.0101. The maximum Gasteiger partial charge on any atom is 0.255 e. The molecule has 1 amide bonds. The molecule has 3 rings (SSSR count). The van der Waals surface area contributed by atoms with E-state index in [4.69, 9.17) is 23.4 Å². The second kappa shape index (κ2) is 4.65. The number of carbonyl (C=O) groups excluding carboxylic acids is 1. The van der Waals surface area contributed by atoms with Gasteiger partial charge >= 0.3 is 0 Å². The largest absolute Gasteiger partial charge is 0.337 e. The summed E-state index contributed by atoms with van der Waals surface area (Å²) in [5.41, 5.74) is 2.91. The van der Waals surface area contributed by atoms with Gasteiger partial charge in [0.15, 0.2) is 0 Å². The average molecular weight is 299 g/mol. The number of fused-ring (bicyclic) bond motifs is 3. The van der Waals surface area contributed by atoms with Crippen LogP contribution in [0.5, 0.6) is 0 Å². The molecule has 2 atom stereocenters. The Morgan fingerprint density at radius 1 is 1.37 bits per heavy atom. The number of likely N-dealkylation sites (N-methyl/N-ethyl adjacent to an activating group) is 1. The molecule has 2 aliphatic rings. The molecule has 5 heteroatoms. The van der Waals surface area contributed by atoms with Gasteiger partial charge in [0.25, 0.3) is 5.91 Å². The van der Waals surface area contributed by atoms with Crippen molar-refractivity contribution in [1.29, 1.82) is 0 Å². The molecule has 2 aliphatic heterocycles. The standard InChI is InChI=1S/C14H16Cl2N2O/c1-3-8-4-9-10-6-18(16)7-12(10)17(2)14(19)13(9)11(15)5-8/h4-5,10,12H,3,6-7H2,1-2H3/t10-,12+/m1/s1. The highest BCUT2D eigenvalue weighted by molar-refractivity contribution is 6.34. The van der Waals surface area contributed by atoms with Crippen LogP contribution in [0.1, 0.15) is 34.3 Å². The van der Waals surface area contributed by atoms with Crippen molar-refractivity contribution in [3.05, 3.63) is 33.8 Å². The van der Waals surface area contributed by atoms with Crippen LogP contribution in [-0.2, 0) is 6.42 Å². The molecular formula is C14H16Cl2N2O. The molecule has 2 heterocycles. The van der Waals surface area contributed by atoms with Crippen molar-refractivity contribution in [3.63, 3.8) is 0 Å². The number of halogens is 2. The predicted molar refractivity (Wildman–Crippen MR) is 76.9 cm³/mol. The zero-order valence-corrected chi connectivity index (χ0v) is 12.5. The Labute approximate surface area is 123 Å². The molecular weight excluding hydrogens is 283 g/mol. The lowest BCUT2D eigenvalue weighted by Crippen LogP contribution is -2.45. The fourth-order valence-corrected chi connectivity index (χ4v) is 3.79. The monoisotopic (exact) mass is 298 g/mol. The van der Waals surface area contributed by atoms with Crippen molar-refractivity contribution >= 4 is 29.3 Å². The summed E-state index contributed by atoms with van der Waals surface area (Å²) >= 11 is 12.5. The first kappa shape index (κ1) is 13.2. The molecule has 0 N–H and O–H groups in total. The Morgan fingerprint density at radius 2 is 2.11 bits per heavy atom. The highest BCUT2D eigenvalue weighted by atomic mass is 35.5. The van der Waals surface area contributed by atoms with E-state index in [9.17, 15) is 4.79 Å². The number of benzene rings is 1. The average Bonchev–Trinajstić information content (AvgIpc) is 2.77. The van der Waals surface area contributed by atoms with E-state index in [1.165, 1.54) is 5.56 Å². The molecule has 0 spiro atoms. The van der Waals surface area contributed by atoms with Crippen LogP contribution in [0, 0.1) is 0 Å². The maximum atomic E-state index is 12.5. The fourth-order valence-electron chi connectivity index (χ4n) is 3.17. The molecule has 1 saturated heterocycles. The van der Waals surface area contributed by atoms with Gasteiger partial charge in [-0.05, 0) is 35.4 Å². The summed E-state index contributed by atoms with van der Waals surface area (Å²) in [7, 11) is 1.84. The van der Waals surface area contributed by atoms with Gasteiger partial charge in [0.05, 0.1) is 16.6 Å². The Hall–Kier alpha value is -0.770. The van der Waals surface area contributed by atoms with Crippen molar-refractivity contribution in [2.45, 2.75) is 25.3 Å². The molecule has 0 bridgehead atoms. The Morgan fingerprint density at radius 3 is 2.79 bits per heavy atom. The Bertz CT molecular complexity index is 546. The topological polar surface area (TPSA) is 23.6 Å². The van der Waals surface area contributed by atoms with Crippen molar-refractivity contribution < 1.29 is 4.79 Å². The van der Waals surface area contributed by atoms with Gasteiger partial charge in [0, 0.05) is 26.1 Å². The van der Waals surface area contributed by atoms with E-state index >= 15 is 0 Å². The van der Waals surface area contributed by atoms with Gasteiger partial charge in [-0.25, -0.2) is 4.42 Å². The number of amides is 1. The van der Waals surface area contributed by atoms with Crippen molar-refractivity contribution in [3.8, 4) is 0 Å². The van der Waals surface area contributed by atoms with Crippen LogP contribution in [0.4, 0.5) is 0 Å². The first-order valence-electron chi connectivity index (χ1n) is 6.53. The summed E-state index contributed by atoms with van der Waals surface area (Å²) in [4.78, 5) is 14.3. The molecule has 3 nitrogen and oxygen atoms in total. The van der Waals surface area contributed by atoms with Gasteiger partial charge in [-0.1, -0.05) is 24.6 Å².